The van der Waals surface area contributed by atoms with Gasteiger partial charge in [-0.15, -0.1) is 0 Å². The fourth-order valence-corrected chi connectivity index (χ4v) is 6.40. The zero-order valence-electron chi connectivity index (χ0n) is 23.4. The summed E-state index contributed by atoms with van der Waals surface area (Å²) in [7, 11) is 0. The van der Waals surface area contributed by atoms with Crippen molar-refractivity contribution in [2.75, 3.05) is 24.5 Å². The molecule has 212 valence electrons. The normalized spacial score (nSPS) is 15.2. The smallest absolute Gasteiger partial charge is 0.272 e. The number of nitrogens with one attached hydrogen (secondary N) is 2. The molecule has 0 radical (unpaired) electrons. The Morgan fingerprint density at radius 3 is 2.21 bits per heavy atom. The van der Waals surface area contributed by atoms with Gasteiger partial charge >= 0.3 is 0 Å². The first-order valence-electron chi connectivity index (χ1n) is 14.6. The maximum Gasteiger partial charge on any atom is 0.272 e. The Labute approximate surface area is 251 Å². The molecule has 6 rings (SSSR count). The van der Waals surface area contributed by atoms with E-state index in [1.807, 2.05) is 54.6 Å². The lowest BCUT2D eigenvalue weighted by Crippen LogP contribution is -2.45. The number of amides is 1. The van der Waals surface area contributed by atoms with Crippen molar-refractivity contribution in [1.29, 1.82) is 0 Å². The Morgan fingerprint density at radius 2 is 1.55 bits per heavy atom. The fraction of sp³-hybridized carbons (Fsp3) is 0.222. The molecular weight excluding hydrogens is 542 g/mol. The molecule has 0 unspecified atom stereocenters. The summed E-state index contributed by atoms with van der Waals surface area (Å²) in [6.07, 6.45) is 2.43. The van der Waals surface area contributed by atoms with Crippen LogP contribution in [0.4, 0.5) is 5.69 Å². The van der Waals surface area contributed by atoms with E-state index in [1.54, 1.807) is 6.07 Å². The predicted molar refractivity (Wildman–Crippen MR) is 172 cm³/mol. The van der Waals surface area contributed by atoms with Gasteiger partial charge in [0, 0.05) is 47.0 Å². The van der Waals surface area contributed by atoms with Gasteiger partial charge in [0.25, 0.3) is 5.56 Å². The molecule has 5 aromatic rings. The number of aromatic nitrogens is 1. The molecular formula is C36H34ClN3O2. The Hall–Kier alpha value is -4.35. The maximum atomic E-state index is 13.6. The summed E-state index contributed by atoms with van der Waals surface area (Å²) < 4.78 is 0. The minimum absolute atomic E-state index is 0.0427. The molecule has 4 aromatic carbocycles. The standard InChI is InChI=1S/C36H34ClN3O2/c37-29-18-19-32-31(23-29)33(27-15-8-3-9-16-27)34(36(42)39-32)40-22-10-17-28(24-40)35(41)38-21-20-30(25-11-4-1-5-12-25)26-13-6-2-7-14-26/h1-9,11-16,18-19,23,28,30H,10,17,20-22,24H2,(H,38,41)(H,39,42)/t28-/m1/s1. The van der Waals surface area contributed by atoms with Crippen molar-refractivity contribution in [1.82, 2.24) is 10.3 Å². The van der Waals surface area contributed by atoms with Crippen molar-refractivity contribution in [3.8, 4) is 11.1 Å². The van der Waals surface area contributed by atoms with E-state index in [0.717, 1.165) is 41.3 Å². The molecule has 1 amide bonds. The maximum absolute atomic E-state index is 13.6. The number of nitrogens with zero attached hydrogens (tertiary/aromatic N) is 1. The number of rotatable bonds is 8. The van der Waals surface area contributed by atoms with Crippen molar-refractivity contribution in [2.45, 2.75) is 25.2 Å². The van der Waals surface area contributed by atoms with Crippen molar-refractivity contribution in [2.24, 2.45) is 5.92 Å². The van der Waals surface area contributed by atoms with Crippen LogP contribution in [0.1, 0.15) is 36.3 Å². The Kier molecular flexibility index (Phi) is 8.38. The van der Waals surface area contributed by atoms with Gasteiger partial charge < -0.3 is 15.2 Å². The third kappa shape index (κ3) is 5.97. The van der Waals surface area contributed by atoms with E-state index in [9.17, 15) is 9.59 Å². The third-order valence-electron chi connectivity index (χ3n) is 8.26. The number of anilines is 1. The second-order valence-electron chi connectivity index (χ2n) is 11.0. The first-order valence-corrected chi connectivity index (χ1v) is 15.0. The Morgan fingerprint density at radius 1 is 0.905 bits per heavy atom. The molecule has 1 saturated heterocycles. The van der Waals surface area contributed by atoms with Gasteiger partial charge in [-0.2, -0.15) is 0 Å². The van der Waals surface area contributed by atoms with Crippen molar-refractivity contribution < 1.29 is 4.79 Å². The summed E-state index contributed by atoms with van der Waals surface area (Å²) in [5.74, 6) is 0.0387. The molecule has 0 saturated carbocycles. The lowest BCUT2D eigenvalue weighted by Gasteiger charge is -2.34. The number of benzene rings is 4. The highest BCUT2D eigenvalue weighted by Crippen LogP contribution is 2.37. The minimum atomic E-state index is -0.205. The molecule has 5 nitrogen and oxygen atoms in total. The van der Waals surface area contributed by atoms with Gasteiger partial charge in [-0.25, -0.2) is 0 Å². The molecule has 6 heteroatoms. The summed E-state index contributed by atoms with van der Waals surface area (Å²) in [6.45, 7) is 1.78. The summed E-state index contributed by atoms with van der Waals surface area (Å²) >= 11 is 6.41. The summed E-state index contributed by atoms with van der Waals surface area (Å²) in [6, 6.07) is 36.4. The predicted octanol–water partition coefficient (Wildman–Crippen LogP) is 7.40. The van der Waals surface area contributed by atoms with E-state index in [1.165, 1.54) is 11.1 Å². The number of fused-ring (bicyclic) bond motifs is 1. The highest BCUT2D eigenvalue weighted by atomic mass is 35.5. The quantitative estimate of drug-likeness (QED) is 0.202. The number of hydrogen-bond donors (Lipinski definition) is 2. The number of piperidine rings is 1. The zero-order valence-corrected chi connectivity index (χ0v) is 24.2. The largest absolute Gasteiger partial charge is 0.366 e. The Balaban J connectivity index is 1.22. The van der Waals surface area contributed by atoms with Crippen LogP contribution in [0.3, 0.4) is 0 Å². The molecule has 0 spiro atoms. The SMILES string of the molecule is O=C(NCCC(c1ccccc1)c1ccccc1)[C@@H]1CCCN(c2c(-c3ccccc3)c3cc(Cl)ccc3[nH]c2=O)C1. The van der Waals surface area contributed by atoms with Crippen LogP contribution in [-0.4, -0.2) is 30.5 Å². The van der Waals surface area contributed by atoms with Gasteiger partial charge in [0.05, 0.1) is 5.92 Å². The number of carbonyl (C=O) groups excluding carboxylic acids is 1. The van der Waals surface area contributed by atoms with E-state index in [0.29, 0.717) is 30.3 Å². The van der Waals surface area contributed by atoms with Crippen LogP contribution in [-0.2, 0) is 4.79 Å². The lowest BCUT2D eigenvalue weighted by molar-refractivity contribution is -0.125. The summed E-state index contributed by atoms with van der Waals surface area (Å²) in [5.41, 5.74) is 5.47. The third-order valence-corrected chi connectivity index (χ3v) is 8.49. The van der Waals surface area contributed by atoms with Crippen LogP contribution < -0.4 is 15.8 Å². The number of pyridine rings is 1. The van der Waals surface area contributed by atoms with Gasteiger partial charge in [0.2, 0.25) is 5.91 Å². The highest BCUT2D eigenvalue weighted by Gasteiger charge is 2.29. The van der Waals surface area contributed by atoms with Crippen LogP contribution >= 0.6 is 11.6 Å². The first-order chi connectivity index (χ1) is 20.6. The van der Waals surface area contributed by atoms with Crippen molar-refractivity contribution in [3.63, 3.8) is 0 Å². The number of carbonyl (C=O) groups is 1. The van der Waals surface area contributed by atoms with E-state index >= 15 is 0 Å². The Bertz CT molecular complexity index is 1680. The molecule has 0 bridgehead atoms. The first kappa shape index (κ1) is 27.8. The minimum Gasteiger partial charge on any atom is -0.366 e. The van der Waals surface area contributed by atoms with E-state index in [2.05, 4.69) is 63.7 Å². The number of hydrogen-bond acceptors (Lipinski definition) is 3. The highest BCUT2D eigenvalue weighted by molar-refractivity contribution is 6.31. The molecule has 1 aromatic heterocycles. The number of halogens is 1. The fourth-order valence-electron chi connectivity index (χ4n) is 6.23. The van der Waals surface area contributed by atoms with Crippen molar-refractivity contribution >= 4 is 34.1 Å². The van der Waals surface area contributed by atoms with E-state index < -0.39 is 0 Å². The molecule has 0 aliphatic carbocycles. The van der Waals surface area contributed by atoms with Crippen LogP contribution in [0.5, 0.6) is 0 Å². The van der Waals surface area contributed by atoms with Crippen molar-refractivity contribution in [3.05, 3.63) is 136 Å². The molecule has 1 aliphatic heterocycles. The van der Waals surface area contributed by atoms with Crippen LogP contribution in [0, 0.1) is 5.92 Å². The zero-order chi connectivity index (χ0) is 28.9. The van der Waals surface area contributed by atoms with Crippen LogP contribution in [0.2, 0.25) is 5.02 Å². The molecule has 2 N–H and O–H groups in total. The summed E-state index contributed by atoms with van der Waals surface area (Å²) in [5, 5.41) is 4.72. The van der Waals surface area contributed by atoms with Gasteiger partial charge in [0.1, 0.15) is 5.69 Å². The van der Waals surface area contributed by atoms with E-state index in [4.69, 9.17) is 11.6 Å². The second-order valence-corrected chi connectivity index (χ2v) is 11.4. The van der Waals surface area contributed by atoms with Crippen LogP contribution in [0.25, 0.3) is 22.0 Å². The monoisotopic (exact) mass is 575 g/mol. The molecule has 1 fully saturated rings. The molecule has 1 aliphatic rings. The lowest BCUT2D eigenvalue weighted by atomic mass is 9.88. The number of aromatic amines is 1. The average molecular weight is 576 g/mol. The van der Waals surface area contributed by atoms with E-state index in [-0.39, 0.29) is 23.3 Å². The second kappa shape index (κ2) is 12.7. The van der Waals surface area contributed by atoms with Gasteiger partial charge in [-0.05, 0) is 54.2 Å². The van der Waals surface area contributed by atoms with Gasteiger partial charge in [-0.1, -0.05) is 103 Å². The molecule has 1 atom stereocenters. The number of H-pyrrole nitrogens is 1. The topological polar surface area (TPSA) is 65.2 Å². The van der Waals surface area contributed by atoms with Gasteiger partial charge in [0.15, 0.2) is 0 Å². The van der Waals surface area contributed by atoms with Gasteiger partial charge in [-0.3, -0.25) is 9.59 Å². The van der Waals surface area contributed by atoms with Crippen LogP contribution in [0.15, 0.2) is 114 Å². The molecule has 2 heterocycles. The summed E-state index contributed by atoms with van der Waals surface area (Å²) in [4.78, 5) is 32.2. The molecule has 42 heavy (non-hydrogen) atoms. The average Bonchev–Trinajstić information content (AvgIpc) is 3.04.